The lowest BCUT2D eigenvalue weighted by Gasteiger charge is -2.19. The van der Waals surface area contributed by atoms with Gasteiger partial charge in [0.05, 0.1) is 58.2 Å². The number of halogens is 3. The van der Waals surface area contributed by atoms with Gasteiger partial charge in [-0.05, 0) is 88.0 Å². The zero-order valence-electron chi connectivity index (χ0n) is 32.4. The molecule has 0 saturated heterocycles. The standard InChI is InChI=1S/C53H27F3N6/c1-59-39-20-15-34(16-21-39)36-18-23-44-42-8-4-6-10-48(42)62(50(44)26-36)52-28-37(40-24-19-38(53(54,55)56)29-46(40)60-2)27-51(45(52)31-58)61-47-9-5-3-7-41(47)43-22-17-35(25-49(43)61)33-13-11-32(30-57)12-14-33/h3-29H. The molecule has 10 rings (SSSR count). The van der Waals surface area contributed by atoms with E-state index in [1.807, 2.05) is 118 Å². The molecule has 0 fully saturated rings. The Morgan fingerprint density at radius 2 is 0.968 bits per heavy atom. The van der Waals surface area contributed by atoms with E-state index in [2.05, 4.69) is 21.8 Å². The van der Waals surface area contributed by atoms with Crippen LogP contribution in [0.25, 0.3) is 98.1 Å². The highest BCUT2D eigenvalue weighted by atomic mass is 19.4. The number of para-hydroxylation sites is 2. The molecule has 2 aromatic heterocycles. The second-order valence-electron chi connectivity index (χ2n) is 14.9. The number of nitrogens with zero attached hydrogens (tertiary/aromatic N) is 6. The number of nitriles is 2. The zero-order chi connectivity index (χ0) is 42.7. The van der Waals surface area contributed by atoms with Crippen LogP contribution < -0.4 is 0 Å². The van der Waals surface area contributed by atoms with Crippen molar-refractivity contribution in [2.75, 3.05) is 0 Å². The Morgan fingerprint density at radius 3 is 1.45 bits per heavy atom. The van der Waals surface area contributed by atoms with Crippen LogP contribution in [0.3, 0.4) is 0 Å². The number of fused-ring (bicyclic) bond motifs is 6. The Kier molecular flexibility index (Phi) is 8.70. The van der Waals surface area contributed by atoms with Gasteiger partial charge in [-0.2, -0.15) is 23.7 Å². The van der Waals surface area contributed by atoms with Gasteiger partial charge in [-0.3, -0.25) is 0 Å². The number of rotatable bonds is 5. The highest BCUT2D eigenvalue weighted by Gasteiger charge is 2.31. The lowest BCUT2D eigenvalue weighted by atomic mass is 9.97. The van der Waals surface area contributed by atoms with E-state index in [1.54, 1.807) is 36.4 Å². The summed E-state index contributed by atoms with van der Waals surface area (Å²) in [6, 6.07) is 54.0. The summed E-state index contributed by atoms with van der Waals surface area (Å²) in [5.41, 5.74) is 8.56. The third kappa shape index (κ3) is 6.01. The molecule has 8 aromatic carbocycles. The first kappa shape index (κ1) is 37.4. The maximum atomic E-state index is 14.0. The minimum atomic E-state index is -4.66. The first-order chi connectivity index (χ1) is 30.2. The van der Waals surface area contributed by atoms with E-state index in [1.165, 1.54) is 6.07 Å². The van der Waals surface area contributed by atoms with E-state index in [0.717, 1.165) is 78.0 Å². The van der Waals surface area contributed by atoms with Crippen LogP contribution in [0.15, 0.2) is 164 Å². The summed E-state index contributed by atoms with van der Waals surface area (Å²) in [6.07, 6.45) is -4.66. The van der Waals surface area contributed by atoms with Crippen molar-refractivity contribution in [1.29, 1.82) is 10.5 Å². The molecule has 0 aliphatic rings. The molecule has 0 aliphatic heterocycles. The molecular weight excluding hydrogens is 778 g/mol. The number of alkyl halides is 3. The SMILES string of the molecule is [C-]#[N+]c1ccc(-c2ccc3c4ccccc4n(-c4cc(-c5ccc(C(F)(F)F)cc5[N+]#[C-])cc(-n5c6ccccc6c6ccc(-c7ccc(C#N)cc7)cc65)c4C#N)c3c2)cc1. The van der Waals surface area contributed by atoms with Crippen molar-refractivity contribution in [1.82, 2.24) is 9.13 Å². The van der Waals surface area contributed by atoms with Gasteiger partial charge in [0.1, 0.15) is 11.6 Å². The van der Waals surface area contributed by atoms with E-state index in [9.17, 15) is 23.7 Å². The fourth-order valence-electron chi connectivity index (χ4n) is 8.56. The first-order valence-corrected chi connectivity index (χ1v) is 19.4. The maximum absolute atomic E-state index is 14.0. The van der Waals surface area contributed by atoms with Crippen LogP contribution in [0.4, 0.5) is 24.5 Å². The molecule has 62 heavy (non-hydrogen) atoms. The largest absolute Gasteiger partial charge is 0.415 e. The second kappa shape index (κ2) is 14.4. The minimum absolute atomic E-state index is 0.181. The molecule has 0 spiro atoms. The van der Waals surface area contributed by atoms with E-state index < -0.39 is 11.7 Å². The molecule has 0 bridgehead atoms. The van der Waals surface area contributed by atoms with Crippen LogP contribution >= 0.6 is 0 Å². The Morgan fingerprint density at radius 1 is 0.468 bits per heavy atom. The molecule has 0 aliphatic carbocycles. The molecule has 0 N–H and O–H groups in total. The van der Waals surface area contributed by atoms with Gasteiger partial charge in [0.25, 0.3) is 0 Å². The van der Waals surface area contributed by atoms with E-state index in [-0.39, 0.29) is 11.3 Å². The first-order valence-electron chi connectivity index (χ1n) is 19.4. The van der Waals surface area contributed by atoms with Crippen LogP contribution in [0.1, 0.15) is 16.7 Å². The second-order valence-corrected chi connectivity index (χ2v) is 14.9. The summed E-state index contributed by atoms with van der Waals surface area (Å²) in [4.78, 5) is 7.14. The zero-order valence-corrected chi connectivity index (χ0v) is 32.4. The third-order valence-corrected chi connectivity index (χ3v) is 11.5. The smallest absolute Gasteiger partial charge is 0.308 e. The molecule has 0 atom stereocenters. The molecule has 0 amide bonds. The van der Waals surface area contributed by atoms with Crippen molar-refractivity contribution in [3.63, 3.8) is 0 Å². The van der Waals surface area contributed by atoms with Gasteiger partial charge in [0, 0.05) is 27.1 Å². The predicted molar refractivity (Wildman–Crippen MR) is 238 cm³/mol. The van der Waals surface area contributed by atoms with Gasteiger partial charge in [0.2, 0.25) is 0 Å². The van der Waals surface area contributed by atoms with Crippen molar-refractivity contribution in [2.45, 2.75) is 6.18 Å². The summed E-state index contributed by atoms with van der Waals surface area (Å²) in [5, 5.41) is 24.6. The van der Waals surface area contributed by atoms with E-state index in [0.29, 0.717) is 33.8 Å². The van der Waals surface area contributed by atoms with E-state index >= 15 is 0 Å². The number of aromatic nitrogens is 2. The van der Waals surface area contributed by atoms with Crippen molar-refractivity contribution in [3.8, 4) is 56.9 Å². The Labute approximate surface area is 353 Å². The Bertz CT molecular complexity index is 3460. The number of hydrogen-bond acceptors (Lipinski definition) is 2. The van der Waals surface area contributed by atoms with Gasteiger partial charge in [0.15, 0.2) is 11.4 Å². The summed E-state index contributed by atoms with van der Waals surface area (Å²) < 4.78 is 46.2. The molecule has 9 heteroatoms. The predicted octanol–water partition coefficient (Wildman–Crippen LogP) is 14.7. The van der Waals surface area contributed by atoms with Crippen LogP contribution in [0.5, 0.6) is 0 Å². The molecule has 6 nitrogen and oxygen atoms in total. The quantitative estimate of drug-likeness (QED) is 0.163. The number of benzene rings is 8. The van der Waals surface area contributed by atoms with Gasteiger partial charge >= 0.3 is 6.18 Å². The van der Waals surface area contributed by atoms with E-state index in [4.69, 9.17) is 13.1 Å². The molecule has 0 unspecified atom stereocenters. The minimum Gasteiger partial charge on any atom is -0.308 e. The average Bonchev–Trinajstić information content (AvgIpc) is 3.82. The van der Waals surface area contributed by atoms with Crippen molar-refractivity contribution in [3.05, 3.63) is 203 Å². The fourth-order valence-corrected chi connectivity index (χ4v) is 8.56. The Balaban J connectivity index is 1.33. The molecule has 0 saturated carbocycles. The van der Waals surface area contributed by atoms with Gasteiger partial charge in [-0.15, -0.1) is 0 Å². The van der Waals surface area contributed by atoms with Crippen LogP contribution in [-0.4, -0.2) is 9.13 Å². The van der Waals surface area contributed by atoms with Crippen LogP contribution in [0, 0.1) is 35.8 Å². The monoisotopic (exact) mass is 804 g/mol. The van der Waals surface area contributed by atoms with Crippen molar-refractivity contribution < 1.29 is 13.2 Å². The number of hydrogen-bond donors (Lipinski definition) is 0. The van der Waals surface area contributed by atoms with Crippen LogP contribution in [-0.2, 0) is 6.18 Å². The molecule has 2 heterocycles. The van der Waals surface area contributed by atoms with Crippen molar-refractivity contribution >= 4 is 55.0 Å². The molecular formula is C53H27F3N6. The third-order valence-electron chi connectivity index (χ3n) is 11.5. The normalized spacial score (nSPS) is 11.4. The lowest BCUT2D eigenvalue weighted by Crippen LogP contribution is -2.06. The van der Waals surface area contributed by atoms with Crippen molar-refractivity contribution in [2.24, 2.45) is 0 Å². The highest BCUT2D eigenvalue weighted by molar-refractivity contribution is 6.12. The molecule has 0 radical (unpaired) electrons. The van der Waals surface area contributed by atoms with Gasteiger partial charge < -0.3 is 9.13 Å². The lowest BCUT2D eigenvalue weighted by molar-refractivity contribution is -0.137. The van der Waals surface area contributed by atoms with Gasteiger partial charge in [-0.25, -0.2) is 9.69 Å². The molecule has 290 valence electrons. The highest BCUT2D eigenvalue weighted by Crippen LogP contribution is 2.44. The summed E-state index contributed by atoms with van der Waals surface area (Å²) in [5.74, 6) is 0. The summed E-state index contributed by atoms with van der Waals surface area (Å²) in [6.45, 7) is 15.5. The Hall–Kier alpha value is -8.89. The fraction of sp³-hybridized carbons (Fsp3) is 0.0189. The summed E-state index contributed by atoms with van der Waals surface area (Å²) in [7, 11) is 0. The topological polar surface area (TPSA) is 66.2 Å². The summed E-state index contributed by atoms with van der Waals surface area (Å²) >= 11 is 0. The van der Waals surface area contributed by atoms with Gasteiger partial charge in [-0.1, -0.05) is 109 Å². The van der Waals surface area contributed by atoms with Crippen LogP contribution in [0.2, 0.25) is 0 Å². The maximum Gasteiger partial charge on any atom is 0.415 e. The molecule has 10 aromatic rings. The average molecular weight is 805 g/mol.